The third-order valence-corrected chi connectivity index (χ3v) is 3.32. The van der Waals surface area contributed by atoms with Crippen molar-refractivity contribution in [3.8, 4) is 0 Å². The highest BCUT2D eigenvalue weighted by atomic mass is 16.4. The van der Waals surface area contributed by atoms with E-state index in [0.29, 0.717) is 11.9 Å². The van der Waals surface area contributed by atoms with Crippen LogP contribution in [0.4, 0.5) is 11.5 Å². The highest BCUT2D eigenvalue weighted by Crippen LogP contribution is 2.34. The summed E-state index contributed by atoms with van der Waals surface area (Å²) in [4.78, 5) is 15.1. The van der Waals surface area contributed by atoms with E-state index in [1.165, 1.54) is 25.1 Å². The maximum atomic E-state index is 11.0. The number of carbonyl (C=O) groups is 1. The van der Waals surface area contributed by atoms with Crippen LogP contribution < -0.4 is 11.1 Å². The van der Waals surface area contributed by atoms with Crippen molar-refractivity contribution in [1.82, 2.24) is 4.98 Å². The lowest BCUT2D eigenvalue weighted by Gasteiger charge is -2.17. The van der Waals surface area contributed by atoms with Gasteiger partial charge in [0, 0.05) is 6.04 Å². The molecule has 0 amide bonds. The Morgan fingerprint density at radius 3 is 2.94 bits per heavy atom. The zero-order valence-corrected chi connectivity index (χ0v) is 10.5. The third-order valence-electron chi connectivity index (χ3n) is 3.32. The number of nitrogens with zero attached hydrogens (tertiary/aromatic N) is 1. The molecule has 5 heteroatoms. The van der Waals surface area contributed by atoms with Crippen molar-refractivity contribution in [2.75, 3.05) is 11.1 Å². The zero-order chi connectivity index (χ0) is 13.1. The van der Waals surface area contributed by atoms with E-state index in [4.69, 9.17) is 10.8 Å². The second-order valence-corrected chi connectivity index (χ2v) is 4.89. The molecule has 1 aliphatic carbocycles. The highest BCUT2D eigenvalue weighted by Gasteiger charge is 2.25. The van der Waals surface area contributed by atoms with Gasteiger partial charge >= 0.3 is 5.97 Å². The molecule has 1 fully saturated rings. The Morgan fingerprint density at radius 2 is 2.39 bits per heavy atom. The number of aromatic nitrogens is 1. The Balaban J connectivity index is 2.07. The molecule has 1 aromatic heterocycles. The van der Waals surface area contributed by atoms with Crippen LogP contribution in [0.15, 0.2) is 12.3 Å². The SMILES string of the molecule is CCC(CC1CC1)Nc1cc(C(=O)O)c(N)cn1. The minimum absolute atomic E-state index is 0.105. The average Bonchev–Trinajstić information content (AvgIpc) is 3.14. The van der Waals surface area contributed by atoms with Crippen molar-refractivity contribution < 1.29 is 9.90 Å². The fraction of sp³-hybridized carbons (Fsp3) is 0.538. The lowest BCUT2D eigenvalue weighted by Crippen LogP contribution is -2.20. The van der Waals surface area contributed by atoms with Gasteiger partial charge in [-0.05, 0) is 24.8 Å². The molecule has 1 aromatic rings. The molecular formula is C13H19N3O2. The second-order valence-electron chi connectivity index (χ2n) is 4.89. The van der Waals surface area contributed by atoms with E-state index in [1.807, 2.05) is 0 Å². The van der Waals surface area contributed by atoms with Gasteiger partial charge in [-0.15, -0.1) is 0 Å². The topological polar surface area (TPSA) is 88.2 Å². The van der Waals surface area contributed by atoms with Crippen molar-refractivity contribution in [3.63, 3.8) is 0 Å². The number of rotatable bonds is 6. The predicted octanol–water partition coefficient (Wildman–Crippen LogP) is 2.35. The molecule has 98 valence electrons. The van der Waals surface area contributed by atoms with Gasteiger partial charge in [0.1, 0.15) is 5.82 Å². The van der Waals surface area contributed by atoms with Crippen LogP contribution in [-0.4, -0.2) is 22.1 Å². The summed E-state index contributed by atoms with van der Waals surface area (Å²) in [5, 5.41) is 12.3. The first-order chi connectivity index (χ1) is 8.60. The first-order valence-electron chi connectivity index (χ1n) is 6.35. The van der Waals surface area contributed by atoms with Crippen LogP contribution in [0, 0.1) is 5.92 Å². The largest absolute Gasteiger partial charge is 0.478 e. The number of nitrogens with one attached hydrogen (secondary N) is 1. The lowest BCUT2D eigenvalue weighted by molar-refractivity contribution is 0.0698. The molecule has 0 saturated heterocycles. The lowest BCUT2D eigenvalue weighted by atomic mass is 10.1. The standard InChI is InChI=1S/C13H19N3O2/c1-2-9(5-8-3-4-8)16-12-6-10(13(17)18)11(14)7-15-12/h6-9H,2-5,14H2,1H3,(H,15,16)(H,17,18). The molecule has 0 bridgehead atoms. The Bertz CT molecular complexity index is 444. The molecule has 0 spiro atoms. The van der Waals surface area contributed by atoms with Crippen LogP contribution in [0.2, 0.25) is 0 Å². The van der Waals surface area contributed by atoms with E-state index in [0.717, 1.165) is 18.8 Å². The summed E-state index contributed by atoms with van der Waals surface area (Å²) in [6, 6.07) is 1.86. The Kier molecular flexibility index (Phi) is 3.69. The molecular weight excluding hydrogens is 230 g/mol. The van der Waals surface area contributed by atoms with Crippen LogP contribution in [0.25, 0.3) is 0 Å². The summed E-state index contributed by atoms with van der Waals surface area (Å²) in [6.07, 6.45) is 6.16. The van der Waals surface area contributed by atoms with Crippen molar-refractivity contribution >= 4 is 17.5 Å². The monoisotopic (exact) mass is 249 g/mol. The second kappa shape index (κ2) is 5.25. The summed E-state index contributed by atoms with van der Waals surface area (Å²) in [7, 11) is 0. The van der Waals surface area contributed by atoms with Crippen LogP contribution in [0.1, 0.15) is 43.0 Å². The number of anilines is 2. The van der Waals surface area contributed by atoms with Gasteiger partial charge in [0.2, 0.25) is 0 Å². The number of nitrogens with two attached hydrogens (primary N) is 1. The molecule has 1 atom stereocenters. The van der Waals surface area contributed by atoms with Crippen molar-refractivity contribution in [2.24, 2.45) is 5.92 Å². The van der Waals surface area contributed by atoms with Gasteiger partial charge in [-0.1, -0.05) is 19.8 Å². The summed E-state index contributed by atoms with van der Waals surface area (Å²) in [5.74, 6) is 0.400. The fourth-order valence-electron chi connectivity index (χ4n) is 2.02. The van der Waals surface area contributed by atoms with Gasteiger partial charge in [-0.25, -0.2) is 9.78 Å². The molecule has 4 N–H and O–H groups in total. The highest BCUT2D eigenvalue weighted by molar-refractivity contribution is 5.94. The number of hydrogen-bond acceptors (Lipinski definition) is 4. The predicted molar refractivity (Wildman–Crippen MR) is 70.7 cm³/mol. The Hall–Kier alpha value is -1.78. The Morgan fingerprint density at radius 1 is 1.67 bits per heavy atom. The minimum atomic E-state index is -1.02. The van der Waals surface area contributed by atoms with E-state index >= 15 is 0 Å². The number of hydrogen-bond donors (Lipinski definition) is 3. The number of aromatic carboxylic acids is 1. The van der Waals surface area contributed by atoms with Gasteiger partial charge in [0.05, 0.1) is 17.4 Å². The molecule has 1 saturated carbocycles. The maximum absolute atomic E-state index is 11.0. The third kappa shape index (κ3) is 3.12. The van der Waals surface area contributed by atoms with Crippen LogP contribution in [0.5, 0.6) is 0 Å². The summed E-state index contributed by atoms with van der Waals surface area (Å²) in [5.41, 5.74) is 5.88. The number of nitrogen functional groups attached to an aromatic ring is 1. The maximum Gasteiger partial charge on any atom is 0.337 e. The van der Waals surface area contributed by atoms with Crippen molar-refractivity contribution in [1.29, 1.82) is 0 Å². The molecule has 0 radical (unpaired) electrons. The molecule has 1 aliphatic rings. The Labute approximate surface area is 106 Å². The zero-order valence-electron chi connectivity index (χ0n) is 10.5. The fourth-order valence-corrected chi connectivity index (χ4v) is 2.02. The summed E-state index contributed by atoms with van der Waals surface area (Å²) in [6.45, 7) is 2.12. The van der Waals surface area contributed by atoms with E-state index in [9.17, 15) is 4.79 Å². The van der Waals surface area contributed by atoms with Gasteiger partial charge < -0.3 is 16.2 Å². The molecule has 0 aliphatic heterocycles. The quantitative estimate of drug-likeness (QED) is 0.720. The summed E-state index contributed by atoms with van der Waals surface area (Å²) < 4.78 is 0. The number of carboxylic acid groups (broad SMARTS) is 1. The van der Waals surface area contributed by atoms with Gasteiger partial charge in [0.25, 0.3) is 0 Å². The van der Waals surface area contributed by atoms with Crippen LogP contribution in [-0.2, 0) is 0 Å². The van der Waals surface area contributed by atoms with E-state index in [1.54, 1.807) is 0 Å². The molecule has 0 aromatic carbocycles. The van der Waals surface area contributed by atoms with Crippen molar-refractivity contribution in [3.05, 3.63) is 17.8 Å². The minimum Gasteiger partial charge on any atom is -0.478 e. The van der Waals surface area contributed by atoms with E-state index in [2.05, 4.69) is 17.2 Å². The molecule has 5 nitrogen and oxygen atoms in total. The normalized spacial score (nSPS) is 16.3. The van der Waals surface area contributed by atoms with Crippen LogP contribution >= 0.6 is 0 Å². The van der Waals surface area contributed by atoms with Gasteiger partial charge in [-0.3, -0.25) is 0 Å². The number of carboxylic acids is 1. The van der Waals surface area contributed by atoms with E-state index < -0.39 is 5.97 Å². The average molecular weight is 249 g/mol. The summed E-state index contributed by atoms with van der Waals surface area (Å²) >= 11 is 0. The smallest absolute Gasteiger partial charge is 0.337 e. The van der Waals surface area contributed by atoms with E-state index in [-0.39, 0.29) is 11.3 Å². The first-order valence-corrected chi connectivity index (χ1v) is 6.35. The molecule has 1 unspecified atom stereocenters. The number of pyridine rings is 1. The van der Waals surface area contributed by atoms with Gasteiger partial charge in [-0.2, -0.15) is 0 Å². The molecule has 1 heterocycles. The van der Waals surface area contributed by atoms with Crippen LogP contribution in [0.3, 0.4) is 0 Å². The van der Waals surface area contributed by atoms with Crippen molar-refractivity contribution in [2.45, 2.75) is 38.6 Å². The first kappa shape index (κ1) is 12.7. The molecule has 18 heavy (non-hydrogen) atoms. The molecule has 2 rings (SSSR count). The van der Waals surface area contributed by atoms with Gasteiger partial charge in [0.15, 0.2) is 0 Å².